The van der Waals surface area contributed by atoms with E-state index in [1.807, 2.05) is 34.6 Å². The Morgan fingerprint density at radius 3 is 2.71 bits per heavy atom. The summed E-state index contributed by atoms with van der Waals surface area (Å²) in [6.45, 7) is 9.68. The van der Waals surface area contributed by atoms with E-state index in [2.05, 4.69) is 20.5 Å². The maximum Gasteiger partial charge on any atom is 0.411 e. The average Bonchev–Trinajstić information content (AvgIpc) is 3.18. The Labute approximate surface area is 178 Å². The summed E-state index contributed by atoms with van der Waals surface area (Å²) in [4.78, 5) is 29.4. The van der Waals surface area contributed by atoms with E-state index in [1.165, 1.54) is 12.1 Å². The number of hydrogen-bond donors (Lipinski definition) is 2. The molecule has 0 unspecified atom stereocenters. The number of ether oxygens (including phenoxy) is 1. The number of fused-ring (bicyclic) bond motifs is 2. The first kappa shape index (κ1) is 20.6. The fourth-order valence-electron chi connectivity index (χ4n) is 3.72. The van der Waals surface area contributed by atoms with Crippen molar-refractivity contribution < 1.29 is 14.5 Å². The number of amides is 1. The number of nitrogens with zero attached hydrogens (tertiary/aromatic N) is 4. The van der Waals surface area contributed by atoms with Crippen LogP contribution in [0.25, 0.3) is 10.8 Å². The number of non-ortho nitro benzene ring substituents is 1. The molecule has 1 aromatic carbocycles. The standard InChI is InChI=1S/C21H24N6O4/c1-20(2,3)31-19(28)26-11-15-16(21(26,4)5)24-25-18(15)23-17-14-7-6-13(27(29)30)10-12(14)8-9-22-17/h6-10H,11H2,1-5H3,(H2,22,23,24,25). The summed E-state index contributed by atoms with van der Waals surface area (Å²) in [5.41, 5.74) is 0.448. The molecule has 0 saturated carbocycles. The smallest absolute Gasteiger partial charge is 0.411 e. The number of benzene rings is 1. The predicted octanol–water partition coefficient (Wildman–Crippen LogP) is 4.60. The van der Waals surface area contributed by atoms with Gasteiger partial charge < -0.3 is 10.1 Å². The highest BCUT2D eigenvalue weighted by atomic mass is 16.6. The number of anilines is 2. The van der Waals surface area contributed by atoms with Crippen LogP contribution in [-0.2, 0) is 16.8 Å². The highest BCUT2D eigenvalue weighted by Gasteiger charge is 2.45. The molecular weight excluding hydrogens is 400 g/mol. The van der Waals surface area contributed by atoms with Gasteiger partial charge in [0.25, 0.3) is 5.69 Å². The minimum atomic E-state index is -0.628. The Hall–Kier alpha value is -3.69. The zero-order valence-electron chi connectivity index (χ0n) is 18.0. The quantitative estimate of drug-likeness (QED) is 0.465. The number of nitro benzene ring substituents is 1. The van der Waals surface area contributed by atoms with E-state index >= 15 is 0 Å². The maximum absolute atomic E-state index is 12.8. The van der Waals surface area contributed by atoms with Crippen LogP contribution < -0.4 is 5.32 Å². The predicted molar refractivity (Wildman–Crippen MR) is 115 cm³/mol. The molecule has 0 spiro atoms. The van der Waals surface area contributed by atoms with Crippen LogP contribution in [0.2, 0.25) is 0 Å². The SMILES string of the molecule is CC(C)(C)OC(=O)N1Cc2c(Nc3nccc4cc([N+](=O)[O-])ccc34)n[nH]c2C1(C)C. The number of hydrogen-bond acceptors (Lipinski definition) is 7. The normalized spacial score (nSPS) is 15.1. The number of carbonyl (C=O) groups is 1. The number of aromatic nitrogens is 3. The molecule has 10 heteroatoms. The molecule has 0 aliphatic carbocycles. The Morgan fingerprint density at radius 1 is 1.29 bits per heavy atom. The van der Waals surface area contributed by atoms with E-state index in [4.69, 9.17) is 4.74 Å². The molecule has 162 valence electrons. The molecule has 0 saturated heterocycles. The number of aromatic amines is 1. The van der Waals surface area contributed by atoms with Crippen LogP contribution in [-0.4, -0.2) is 36.7 Å². The van der Waals surface area contributed by atoms with Gasteiger partial charge in [-0.05, 0) is 52.1 Å². The van der Waals surface area contributed by atoms with Gasteiger partial charge in [0.15, 0.2) is 5.82 Å². The van der Waals surface area contributed by atoms with Gasteiger partial charge in [-0.25, -0.2) is 9.78 Å². The van der Waals surface area contributed by atoms with Gasteiger partial charge in [-0.1, -0.05) is 0 Å². The summed E-state index contributed by atoms with van der Waals surface area (Å²) in [5.74, 6) is 1.07. The third-order valence-corrected chi connectivity index (χ3v) is 5.28. The van der Waals surface area contributed by atoms with E-state index in [0.717, 1.165) is 16.6 Å². The largest absolute Gasteiger partial charge is 0.444 e. The molecule has 4 rings (SSSR count). The van der Waals surface area contributed by atoms with Gasteiger partial charge in [0, 0.05) is 29.3 Å². The van der Waals surface area contributed by atoms with Crippen molar-refractivity contribution >= 4 is 34.2 Å². The summed E-state index contributed by atoms with van der Waals surface area (Å²) < 4.78 is 5.57. The van der Waals surface area contributed by atoms with Gasteiger partial charge >= 0.3 is 6.09 Å². The molecule has 0 bridgehead atoms. The van der Waals surface area contributed by atoms with Gasteiger partial charge in [0.05, 0.1) is 22.7 Å². The Balaban J connectivity index is 1.66. The molecule has 3 aromatic rings. The van der Waals surface area contributed by atoms with E-state index in [-0.39, 0.29) is 5.69 Å². The Morgan fingerprint density at radius 2 is 2.03 bits per heavy atom. The van der Waals surface area contributed by atoms with Crippen LogP contribution in [0, 0.1) is 10.1 Å². The number of nitrogens with one attached hydrogen (secondary N) is 2. The van der Waals surface area contributed by atoms with Crippen LogP contribution in [0.5, 0.6) is 0 Å². The van der Waals surface area contributed by atoms with Crippen molar-refractivity contribution in [1.29, 1.82) is 0 Å². The lowest BCUT2D eigenvalue weighted by Crippen LogP contribution is -2.43. The highest BCUT2D eigenvalue weighted by Crippen LogP contribution is 2.42. The molecule has 0 radical (unpaired) electrons. The van der Waals surface area contributed by atoms with Crippen LogP contribution in [0.4, 0.5) is 22.1 Å². The zero-order chi connectivity index (χ0) is 22.6. The van der Waals surface area contributed by atoms with Crippen molar-refractivity contribution in [2.45, 2.75) is 52.3 Å². The second-order valence-corrected chi connectivity index (χ2v) is 9.00. The van der Waals surface area contributed by atoms with Crippen molar-refractivity contribution in [3.05, 3.63) is 51.8 Å². The third-order valence-electron chi connectivity index (χ3n) is 5.28. The van der Waals surface area contributed by atoms with E-state index in [1.54, 1.807) is 23.2 Å². The molecule has 3 heterocycles. The van der Waals surface area contributed by atoms with E-state index in [0.29, 0.717) is 23.6 Å². The lowest BCUT2D eigenvalue weighted by Gasteiger charge is -2.33. The Kier molecular flexibility index (Phi) is 4.60. The van der Waals surface area contributed by atoms with Crippen LogP contribution >= 0.6 is 0 Å². The number of nitro groups is 1. The maximum atomic E-state index is 12.8. The molecule has 1 aliphatic rings. The first-order valence-corrected chi connectivity index (χ1v) is 9.86. The number of rotatable bonds is 3. The van der Waals surface area contributed by atoms with Gasteiger partial charge in [0.1, 0.15) is 11.4 Å². The van der Waals surface area contributed by atoms with Crippen molar-refractivity contribution in [3.8, 4) is 0 Å². The first-order valence-electron chi connectivity index (χ1n) is 9.86. The van der Waals surface area contributed by atoms with Crippen molar-refractivity contribution in [1.82, 2.24) is 20.1 Å². The van der Waals surface area contributed by atoms with Gasteiger partial charge in [-0.3, -0.25) is 20.1 Å². The summed E-state index contributed by atoms with van der Waals surface area (Å²) in [6, 6.07) is 6.32. The topological polar surface area (TPSA) is 126 Å². The van der Waals surface area contributed by atoms with Gasteiger partial charge in [-0.15, -0.1) is 0 Å². The third kappa shape index (κ3) is 3.65. The van der Waals surface area contributed by atoms with Crippen LogP contribution in [0.1, 0.15) is 45.9 Å². The summed E-state index contributed by atoms with van der Waals surface area (Å²) >= 11 is 0. The van der Waals surface area contributed by atoms with Crippen LogP contribution in [0.3, 0.4) is 0 Å². The fraction of sp³-hybridized carbons (Fsp3) is 0.381. The number of carbonyl (C=O) groups excluding carboxylic acids is 1. The summed E-state index contributed by atoms with van der Waals surface area (Å²) in [6.07, 6.45) is 1.18. The lowest BCUT2D eigenvalue weighted by atomic mass is 10.0. The average molecular weight is 424 g/mol. The highest BCUT2D eigenvalue weighted by molar-refractivity contribution is 5.94. The number of pyridine rings is 1. The monoisotopic (exact) mass is 424 g/mol. The van der Waals surface area contributed by atoms with Gasteiger partial charge in [-0.2, -0.15) is 5.10 Å². The molecule has 0 atom stereocenters. The van der Waals surface area contributed by atoms with Crippen molar-refractivity contribution in [3.63, 3.8) is 0 Å². The molecule has 31 heavy (non-hydrogen) atoms. The minimum absolute atomic E-state index is 0.0139. The van der Waals surface area contributed by atoms with Gasteiger partial charge in [0.2, 0.25) is 0 Å². The number of H-pyrrole nitrogens is 1. The minimum Gasteiger partial charge on any atom is -0.444 e. The molecule has 1 aliphatic heterocycles. The van der Waals surface area contributed by atoms with E-state index in [9.17, 15) is 14.9 Å². The summed E-state index contributed by atoms with van der Waals surface area (Å²) in [7, 11) is 0. The molecule has 2 aromatic heterocycles. The molecule has 1 amide bonds. The molecule has 10 nitrogen and oxygen atoms in total. The summed E-state index contributed by atoms with van der Waals surface area (Å²) in [5, 5.41) is 23.1. The molecular formula is C21H24N6O4. The first-order chi connectivity index (χ1) is 14.5. The van der Waals surface area contributed by atoms with Crippen molar-refractivity contribution in [2.24, 2.45) is 0 Å². The Bertz CT molecular complexity index is 1190. The second kappa shape index (κ2) is 6.93. The molecule has 2 N–H and O–H groups in total. The lowest BCUT2D eigenvalue weighted by molar-refractivity contribution is -0.384. The van der Waals surface area contributed by atoms with E-state index < -0.39 is 22.2 Å². The zero-order valence-corrected chi connectivity index (χ0v) is 18.0. The van der Waals surface area contributed by atoms with Crippen LogP contribution in [0.15, 0.2) is 30.5 Å². The fourth-order valence-corrected chi connectivity index (χ4v) is 3.72. The molecule has 0 fully saturated rings. The van der Waals surface area contributed by atoms with Crippen molar-refractivity contribution in [2.75, 3.05) is 5.32 Å². The second-order valence-electron chi connectivity index (χ2n) is 9.00.